The van der Waals surface area contributed by atoms with Gasteiger partial charge in [-0.1, -0.05) is 18.2 Å². The lowest BCUT2D eigenvalue weighted by molar-refractivity contribution is 0.102. The highest BCUT2D eigenvalue weighted by atomic mass is 16.5. The smallest absolute Gasteiger partial charge is 0.257 e. The summed E-state index contributed by atoms with van der Waals surface area (Å²) >= 11 is 0. The Hall–Kier alpha value is -4.37. The zero-order valence-corrected chi connectivity index (χ0v) is 23.2. The summed E-state index contributed by atoms with van der Waals surface area (Å²) in [5.41, 5.74) is 6.89. The largest absolute Gasteiger partial charge is 0.494 e. The Bertz CT molecular complexity index is 1470. The number of carbonyl (C=O) groups excluding carboxylic acids is 1. The number of methoxy groups -OCH3 is 1. The maximum Gasteiger partial charge on any atom is 0.257 e. The summed E-state index contributed by atoms with van der Waals surface area (Å²) < 4.78 is 7.60. The van der Waals surface area contributed by atoms with Crippen molar-refractivity contribution in [3.63, 3.8) is 0 Å². The van der Waals surface area contributed by atoms with Crippen LogP contribution in [0.15, 0.2) is 60.9 Å². The minimum atomic E-state index is -0.160. The van der Waals surface area contributed by atoms with Gasteiger partial charge in [-0.2, -0.15) is 0 Å². The standard InChI is InChI=1S/C30H35N7O2/c1-20-7-6-8-21(2)28(20)34-29(38)22-17-26(36(4)19-22)24-11-12-31-30(32-24)33-25-10-9-23(18-27(25)39-5)37-15-13-35(3)14-16-37/h6-12,17-19H,13-16H2,1-5H3,(H,34,38)(H,31,32,33). The first-order chi connectivity index (χ1) is 18.8. The Morgan fingerprint density at radius 2 is 1.72 bits per heavy atom. The molecule has 1 aliphatic heterocycles. The zero-order valence-electron chi connectivity index (χ0n) is 23.2. The number of nitrogens with zero attached hydrogens (tertiary/aromatic N) is 5. The quantitative estimate of drug-likeness (QED) is 0.356. The summed E-state index contributed by atoms with van der Waals surface area (Å²) in [7, 11) is 5.72. The molecule has 1 aliphatic rings. The fraction of sp³-hybridized carbons (Fsp3) is 0.300. The van der Waals surface area contributed by atoms with Gasteiger partial charge in [-0.25, -0.2) is 9.97 Å². The van der Waals surface area contributed by atoms with E-state index in [2.05, 4.69) is 44.6 Å². The van der Waals surface area contributed by atoms with Crippen LogP contribution in [0.3, 0.4) is 0 Å². The predicted octanol–water partition coefficient (Wildman–Crippen LogP) is 4.86. The number of carbonyl (C=O) groups is 1. The molecular weight excluding hydrogens is 490 g/mol. The topological polar surface area (TPSA) is 87.5 Å². The third-order valence-corrected chi connectivity index (χ3v) is 7.20. The molecule has 9 heteroatoms. The molecule has 0 bridgehead atoms. The molecule has 4 aromatic rings. The van der Waals surface area contributed by atoms with Crippen LogP contribution in [0.5, 0.6) is 5.75 Å². The van der Waals surface area contributed by atoms with Crippen molar-refractivity contribution in [2.24, 2.45) is 7.05 Å². The second-order valence-electron chi connectivity index (χ2n) is 10.0. The molecule has 1 fully saturated rings. The molecule has 3 heterocycles. The highest BCUT2D eigenvalue weighted by Gasteiger charge is 2.18. The molecule has 9 nitrogen and oxygen atoms in total. The average Bonchev–Trinajstić information content (AvgIpc) is 3.33. The molecule has 2 aromatic carbocycles. The van der Waals surface area contributed by atoms with Gasteiger partial charge in [0.05, 0.1) is 29.7 Å². The van der Waals surface area contributed by atoms with E-state index in [0.717, 1.165) is 65.8 Å². The fourth-order valence-electron chi connectivity index (χ4n) is 4.87. The Morgan fingerprint density at radius 3 is 2.44 bits per heavy atom. The number of nitrogens with one attached hydrogen (secondary N) is 2. The second kappa shape index (κ2) is 11.2. The highest BCUT2D eigenvalue weighted by Crippen LogP contribution is 2.32. The lowest BCUT2D eigenvalue weighted by Gasteiger charge is -2.34. The molecule has 202 valence electrons. The number of hydrogen-bond donors (Lipinski definition) is 2. The SMILES string of the molecule is COc1cc(N2CCN(C)CC2)ccc1Nc1nccc(-c2cc(C(=O)Nc3c(C)cccc3C)cn2C)n1. The minimum absolute atomic E-state index is 0.160. The number of aryl methyl sites for hydroxylation is 3. The molecule has 39 heavy (non-hydrogen) atoms. The highest BCUT2D eigenvalue weighted by molar-refractivity contribution is 6.05. The summed E-state index contributed by atoms with van der Waals surface area (Å²) in [4.78, 5) is 26.9. The van der Waals surface area contributed by atoms with Gasteiger partial charge in [0.25, 0.3) is 5.91 Å². The van der Waals surface area contributed by atoms with Crippen LogP contribution in [-0.4, -0.2) is 65.7 Å². The van der Waals surface area contributed by atoms with Crippen LogP contribution in [0.2, 0.25) is 0 Å². The molecule has 0 atom stereocenters. The molecule has 1 amide bonds. The van der Waals surface area contributed by atoms with Crippen molar-refractivity contribution in [3.8, 4) is 17.1 Å². The number of likely N-dealkylation sites (N-methyl/N-ethyl adjacent to an activating group) is 1. The second-order valence-corrected chi connectivity index (χ2v) is 10.0. The number of amides is 1. The van der Waals surface area contributed by atoms with Crippen molar-refractivity contribution < 1.29 is 9.53 Å². The van der Waals surface area contributed by atoms with Gasteiger partial charge >= 0.3 is 0 Å². The molecule has 1 saturated heterocycles. The lowest BCUT2D eigenvalue weighted by Crippen LogP contribution is -2.44. The molecule has 0 saturated carbocycles. The van der Waals surface area contributed by atoms with Crippen molar-refractivity contribution in [2.45, 2.75) is 13.8 Å². The first-order valence-corrected chi connectivity index (χ1v) is 13.1. The van der Waals surface area contributed by atoms with Gasteiger partial charge < -0.3 is 29.7 Å². The minimum Gasteiger partial charge on any atom is -0.494 e. The molecule has 0 radical (unpaired) electrons. The Labute approximate surface area is 229 Å². The van der Waals surface area contributed by atoms with Gasteiger partial charge in [0, 0.05) is 63.1 Å². The van der Waals surface area contributed by atoms with Crippen LogP contribution >= 0.6 is 0 Å². The van der Waals surface area contributed by atoms with E-state index in [0.29, 0.717) is 17.2 Å². The average molecular weight is 526 g/mol. The Balaban J connectivity index is 1.34. The van der Waals surface area contributed by atoms with Gasteiger partial charge in [0.2, 0.25) is 5.95 Å². The van der Waals surface area contributed by atoms with Gasteiger partial charge in [-0.15, -0.1) is 0 Å². The van der Waals surface area contributed by atoms with E-state index in [1.54, 1.807) is 13.3 Å². The Morgan fingerprint density at radius 1 is 0.974 bits per heavy atom. The van der Waals surface area contributed by atoms with Gasteiger partial charge in [-0.05, 0) is 56.3 Å². The maximum atomic E-state index is 13.1. The van der Waals surface area contributed by atoms with Crippen molar-refractivity contribution in [1.82, 2.24) is 19.4 Å². The Kier molecular flexibility index (Phi) is 7.51. The number of rotatable bonds is 7. The summed E-state index contributed by atoms with van der Waals surface area (Å²) in [6.07, 6.45) is 3.52. The molecule has 0 aliphatic carbocycles. The number of benzene rings is 2. The van der Waals surface area contributed by atoms with Crippen LogP contribution in [0, 0.1) is 13.8 Å². The summed E-state index contributed by atoms with van der Waals surface area (Å²) in [5.74, 6) is 1.01. The summed E-state index contributed by atoms with van der Waals surface area (Å²) in [5, 5.41) is 6.36. The normalized spacial score (nSPS) is 13.8. The van der Waals surface area contributed by atoms with Crippen molar-refractivity contribution in [3.05, 3.63) is 77.6 Å². The molecule has 2 N–H and O–H groups in total. The number of aromatic nitrogens is 3. The van der Waals surface area contributed by atoms with E-state index in [9.17, 15) is 4.79 Å². The van der Waals surface area contributed by atoms with Crippen molar-refractivity contribution >= 4 is 28.9 Å². The van der Waals surface area contributed by atoms with Crippen LogP contribution in [0.4, 0.5) is 23.0 Å². The van der Waals surface area contributed by atoms with Crippen LogP contribution < -0.4 is 20.3 Å². The molecule has 0 spiro atoms. The third kappa shape index (κ3) is 5.73. The fourth-order valence-corrected chi connectivity index (χ4v) is 4.87. The third-order valence-electron chi connectivity index (χ3n) is 7.20. The van der Waals surface area contributed by atoms with E-state index in [1.165, 1.54) is 0 Å². The van der Waals surface area contributed by atoms with Crippen LogP contribution in [0.25, 0.3) is 11.4 Å². The zero-order chi connectivity index (χ0) is 27.5. The predicted molar refractivity (Wildman–Crippen MR) is 156 cm³/mol. The van der Waals surface area contributed by atoms with Crippen LogP contribution in [0.1, 0.15) is 21.5 Å². The molecule has 2 aromatic heterocycles. The maximum absolute atomic E-state index is 13.1. The van der Waals surface area contributed by atoms with E-state index < -0.39 is 0 Å². The van der Waals surface area contributed by atoms with E-state index in [1.807, 2.05) is 68.1 Å². The lowest BCUT2D eigenvalue weighted by atomic mass is 10.1. The number of hydrogen-bond acceptors (Lipinski definition) is 7. The van der Waals surface area contributed by atoms with Gasteiger partial charge in [-0.3, -0.25) is 4.79 Å². The summed E-state index contributed by atoms with van der Waals surface area (Å²) in [6, 6.07) is 15.8. The number of piperazine rings is 1. The molecule has 5 rings (SSSR count). The van der Waals surface area contributed by atoms with Crippen LogP contribution in [-0.2, 0) is 7.05 Å². The van der Waals surface area contributed by atoms with Crippen molar-refractivity contribution in [1.29, 1.82) is 0 Å². The van der Waals surface area contributed by atoms with Gasteiger partial charge in [0.15, 0.2) is 0 Å². The first kappa shape index (κ1) is 26.2. The van der Waals surface area contributed by atoms with E-state index in [4.69, 9.17) is 9.72 Å². The van der Waals surface area contributed by atoms with Gasteiger partial charge in [0.1, 0.15) is 5.75 Å². The first-order valence-electron chi connectivity index (χ1n) is 13.1. The number of ether oxygens (including phenoxy) is 1. The monoisotopic (exact) mass is 525 g/mol. The van der Waals surface area contributed by atoms with Crippen molar-refractivity contribution in [2.75, 3.05) is 55.9 Å². The number of para-hydroxylation sites is 1. The van der Waals surface area contributed by atoms with E-state index in [-0.39, 0.29) is 5.91 Å². The summed E-state index contributed by atoms with van der Waals surface area (Å²) in [6.45, 7) is 8.03. The molecule has 0 unspecified atom stereocenters. The number of anilines is 4. The molecular formula is C30H35N7O2. The van der Waals surface area contributed by atoms with E-state index >= 15 is 0 Å².